The molecule has 0 amide bonds. The van der Waals surface area contributed by atoms with E-state index in [4.69, 9.17) is 14.4 Å². The predicted octanol–water partition coefficient (Wildman–Crippen LogP) is -7.60. The second-order valence-corrected chi connectivity index (χ2v) is 1.67. The normalized spacial score (nSPS) is 6.17. The summed E-state index contributed by atoms with van der Waals surface area (Å²) in [6, 6.07) is 0. The lowest BCUT2D eigenvalue weighted by molar-refractivity contribution is -0.297. The lowest BCUT2D eigenvalue weighted by Crippen LogP contribution is -2.51. The van der Waals surface area contributed by atoms with Crippen molar-refractivity contribution < 1.29 is 25.2 Å². The van der Waals surface area contributed by atoms with Gasteiger partial charge in [0.25, 0.3) is 8.25 Å². The molecule has 10 heteroatoms. The molecule has 12 heavy (non-hydrogen) atoms. The van der Waals surface area contributed by atoms with Crippen molar-refractivity contribution in [3.8, 4) is 0 Å². The Morgan fingerprint density at radius 2 is 1.00 bits per heavy atom. The van der Waals surface area contributed by atoms with E-state index in [1.807, 2.05) is 0 Å². The van der Waals surface area contributed by atoms with Crippen molar-refractivity contribution >= 4 is 20.2 Å². The van der Waals surface area contributed by atoms with Gasteiger partial charge in [0.15, 0.2) is 0 Å². The van der Waals surface area contributed by atoms with E-state index in [0.717, 1.165) is 0 Å². The minimum absolute atomic E-state index is 0.0833. The highest BCUT2D eigenvalue weighted by atomic mass is 31.1. The van der Waals surface area contributed by atoms with Gasteiger partial charge in [-0.25, -0.2) is 0 Å². The van der Waals surface area contributed by atoms with Crippen molar-refractivity contribution in [3.63, 3.8) is 0 Å². The van der Waals surface area contributed by atoms with E-state index in [2.05, 4.69) is 33.8 Å². The van der Waals surface area contributed by atoms with Crippen LogP contribution < -0.4 is 43.5 Å². The molecule has 12 N–H and O–H groups in total. The van der Waals surface area contributed by atoms with Gasteiger partial charge >= 0.3 is 11.9 Å². The first-order chi connectivity index (χ1) is 5.20. The number of nitrogens with two attached hydrogens (primary N) is 6. The maximum atomic E-state index is 8.48. The van der Waals surface area contributed by atoms with Gasteiger partial charge in [-0.2, -0.15) is 0 Å². The van der Waals surface area contributed by atoms with E-state index in [0.29, 0.717) is 0 Å². The van der Waals surface area contributed by atoms with E-state index in [1.54, 1.807) is 0 Å². The maximum Gasteiger partial charge on any atom is 0.336 e. The third-order valence-corrected chi connectivity index (χ3v) is 0. The van der Waals surface area contributed by atoms with Crippen LogP contribution in [-0.4, -0.2) is 11.9 Å². The third-order valence-electron chi connectivity index (χ3n) is 0. The van der Waals surface area contributed by atoms with Gasteiger partial charge in [-0.1, -0.05) is 4.57 Å². The number of rotatable bonds is 0. The van der Waals surface area contributed by atoms with Crippen molar-refractivity contribution in [2.45, 2.75) is 0 Å². The highest BCUT2D eigenvalue weighted by Crippen LogP contribution is 1.79. The second-order valence-electron chi connectivity index (χ2n) is 1.22. The Morgan fingerprint density at radius 3 is 1.00 bits per heavy atom. The lowest BCUT2D eigenvalue weighted by atomic mass is 11.1. The minimum Gasteiger partial charge on any atom is -0.598 e. The Kier molecular flexibility index (Phi) is 17.2. The number of hydrogen-bond acceptors (Lipinski definition) is 3. The minimum atomic E-state index is -3.37. The fourth-order valence-corrected chi connectivity index (χ4v) is 0. The molecule has 0 bridgehead atoms. The molecule has 0 spiro atoms. The monoisotopic (exact) mass is 199 g/mol. The summed E-state index contributed by atoms with van der Waals surface area (Å²) in [5.41, 5.74) is 18.3. The molecule has 0 aliphatic heterocycles. The molecule has 72 valence electrons. The van der Waals surface area contributed by atoms with Crippen molar-refractivity contribution in [1.29, 1.82) is 0 Å². The first-order valence-electron chi connectivity index (χ1n) is 2.28. The Bertz CT molecular complexity index is 118. The van der Waals surface area contributed by atoms with Crippen LogP contribution in [0.1, 0.15) is 0 Å². The van der Waals surface area contributed by atoms with Gasteiger partial charge in [0.05, 0.1) is 0 Å². The molecule has 0 atom stereocenters. The molecular weight excluding hydrogens is 187 g/mol. The highest BCUT2D eigenvalue weighted by molar-refractivity contribution is 7.27. The van der Waals surface area contributed by atoms with Gasteiger partial charge in [0, 0.05) is 0 Å². The molecule has 0 unspecified atom stereocenters. The van der Waals surface area contributed by atoms with Gasteiger partial charge in [-0.05, 0) is 0 Å². The summed E-state index contributed by atoms with van der Waals surface area (Å²) in [5, 5.41) is 9.17. The van der Waals surface area contributed by atoms with Gasteiger partial charge in [0.1, 0.15) is 0 Å². The molecule has 0 heterocycles. The molecule has 0 saturated heterocycles. The predicted molar refractivity (Wildman–Crippen MR) is 38.2 cm³/mol. The lowest BCUT2D eigenvalue weighted by Gasteiger charge is -1.75. The van der Waals surface area contributed by atoms with Crippen LogP contribution in [0.4, 0.5) is 0 Å². The molecule has 9 nitrogen and oxygen atoms in total. The zero-order chi connectivity index (χ0) is 10.7. The fourth-order valence-electron chi connectivity index (χ4n) is 0. The smallest absolute Gasteiger partial charge is 0.336 e. The number of guanidine groups is 2. The summed E-state index contributed by atoms with van der Waals surface area (Å²) in [6.45, 7) is 0. The summed E-state index contributed by atoms with van der Waals surface area (Å²) < 4.78 is 8.48. The second kappa shape index (κ2) is 12.3. The van der Waals surface area contributed by atoms with Crippen molar-refractivity contribution in [1.82, 2.24) is 0 Å². The topological polar surface area (TPSA) is 218 Å². The average Bonchev–Trinajstić information content (AvgIpc) is 1.54. The van der Waals surface area contributed by atoms with E-state index in [-0.39, 0.29) is 11.9 Å². The largest absolute Gasteiger partial charge is 0.598 e. The molecule has 0 aromatic rings. The SMILES string of the molecule is NC(N)=[NH2+].NC(N)=[NH2+].O=[P+]([O-])[O-]. The molecule has 0 aromatic heterocycles. The maximum absolute atomic E-state index is 8.48. The van der Waals surface area contributed by atoms with Gasteiger partial charge < -0.3 is 9.79 Å². The Balaban J connectivity index is -0.000000101. The molecule has 0 aliphatic carbocycles. The van der Waals surface area contributed by atoms with Crippen LogP contribution in [0.3, 0.4) is 0 Å². The first-order valence-corrected chi connectivity index (χ1v) is 3.38. The molecular formula is C2H12N6O3P+. The van der Waals surface area contributed by atoms with Gasteiger partial charge in [-0.3, -0.25) is 33.8 Å². The molecule has 0 aromatic carbocycles. The fraction of sp³-hybridized carbons (Fsp3) is 0. The van der Waals surface area contributed by atoms with Crippen LogP contribution in [0.15, 0.2) is 0 Å². The van der Waals surface area contributed by atoms with E-state index >= 15 is 0 Å². The Morgan fingerprint density at radius 1 is 1.00 bits per heavy atom. The van der Waals surface area contributed by atoms with Crippen molar-refractivity contribution in [3.05, 3.63) is 0 Å². The summed E-state index contributed by atoms with van der Waals surface area (Å²) >= 11 is 0. The van der Waals surface area contributed by atoms with Crippen LogP contribution in [0, 0.1) is 0 Å². The first kappa shape index (κ1) is 16.9. The van der Waals surface area contributed by atoms with E-state index in [1.165, 1.54) is 0 Å². The third kappa shape index (κ3) is 236. The van der Waals surface area contributed by atoms with Crippen molar-refractivity contribution in [2.24, 2.45) is 22.9 Å². The summed E-state index contributed by atoms with van der Waals surface area (Å²) in [4.78, 5) is 17.0. The Labute approximate surface area is 69.3 Å². The summed E-state index contributed by atoms with van der Waals surface area (Å²) in [7, 11) is -3.37. The van der Waals surface area contributed by atoms with Crippen molar-refractivity contribution in [2.75, 3.05) is 0 Å². The quantitative estimate of drug-likeness (QED) is 0.125. The van der Waals surface area contributed by atoms with Crippen LogP contribution in [0.5, 0.6) is 0 Å². The van der Waals surface area contributed by atoms with E-state index < -0.39 is 8.25 Å². The highest BCUT2D eigenvalue weighted by Gasteiger charge is 1.64. The zero-order valence-corrected chi connectivity index (χ0v) is 7.03. The van der Waals surface area contributed by atoms with Crippen LogP contribution in [0.25, 0.3) is 0 Å². The average molecular weight is 199 g/mol. The van der Waals surface area contributed by atoms with Crippen LogP contribution in [0.2, 0.25) is 0 Å². The molecule has 0 radical (unpaired) electrons. The molecule has 0 rings (SSSR count). The van der Waals surface area contributed by atoms with Gasteiger partial charge in [0.2, 0.25) is 0 Å². The van der Waals surface area contributed by atoms with E-state index in [9.17, 15) is 0 Å². The summed E-state index contributed by atoms with van der Waals surface area (Å²) in [6.07, 6.45) is 0. The van der Waals surface area contributed by atoms with Crippen LogP contribution in [-0.2, 0) is 4.57 Å². The Hall–Kier alpha value is -1.44. The molecule has 0 saturated carbocycles. The standard InChI is InChI=1S/2CH5N3.HO3P/c2*2-1(3)4;1-4(2)3/h2*(H5,2,3,4);(H,1,2,3)/p+1. The molecule has 0 aliphatic rings. The van der Waals surface area contributed by atoms with Gasteiger partial charge in [-0.15, -0.1) is 0 Å². The van der Waals surface area contributed by atoms with Crippen LogP contribution >= 0.6 is 8.25 Å². The summed E-state index contributed by atoms with van der Waals surface area (Å²) in [5.74, 6) is -0.167. The zero-order valence-electron chi connectivity index (χ0n) is 6.14. The molecule has 0 fully saturated rings. The number of hydrogen-bond donors (Lipinski definition) is 6.